The highest BCUT2D eigenvalue weighted by Gasteiger charge is 2.36. The van der Waals surface area contributed by atoms with Crippen molar-refractivity contribution in [3.8, 4) is 28.4 Å². The molecular formula is C32H25ClN2O7. The first-order chi connectivity index (χ1) is 20.4. The van der Waals surface area contributed by atoms with Gasteiger partial charge in [0.1, 0.15) is 40.3 Å². The van der Waals surface area contributed by atoms with Gasteiger partial charge in [-0.25, -0.2) is 4.98 Å². The summed E-state index contributed by atoms with van der Waals surface area (Å²) in [4.78, 5) is 33.9. The van der Waals surface area contributed by atoms with Crippen molar-refractivity contribution in [1.82, 2.24) is 4.98 Å². The maximum Gasteiger partial charge on any atom is 0.312 e. The molecular weight excluding hydrogens is 560 g/mol. The van der Waals surface area contributed by atoms with E-state index in [2.05, 4.69) is 4.90 Å². The van der Waals surface area contributed by atoms with Gasteiger partial charge in [0.15, 0.2) is 0 Å². The molecule has 5 aromatic rings. The number of esters is 1. The highest BCUT2D eigenvalue weighted by Crippen LogP contribution is 2.48. The number of ether oxygens (including phenoxy) is 3. The van der Waals surface area contributed by atoms with Gasteiger partial charge in [0, 0.05) is 46.6 Å². The number of carbonyl (C=O) groups is 1. The predicted octanol–water partition coefficient (Wildman–Crippen LogP) is 5.65. The zero-order valence-corrected chi connectivity index (χ0v) is 23.3. The molecule has 0 radical (unpaired) electrons. The predicted molar refractivity (Wildman–Crippen MR) is 158 cm³/mol. The van der Waals surface area contributed by atoms with E-state index < -0.39 is 17.3 Å². The number of morpholine rings is 1. The Morgan fingerprint density at radius 3 is 2.60 bits per heavy atom. The number of carbonyl (C=O) groups excluding carboxylic acids is 1. The molecule has 42 heavy (non-hydrogen) atoms. The molecule has 0 saturated carbocycles. The number of phenols is 1. The van der Waals surface area contributed by atoms with Gasteiger partial charge < -0.3 is 28.6 Å². The van der Waals surface area contributed by atoms with Gasteiger partial charge >= 0.3 is 5.97 Å². The SMILES string of the molecule is COc1ccc2nc(N3CCOCC3)c([C@@H]3CC(=O)Oc4cc(O)c5c(=O)c(-c6ccc(Cl)cc6)coc5c43)cc2c1. The van der Waals surface area contributed by atoms with E-state index in [9.17, 15) is 14.7 Å². The third-order valence-corrected chi connectivity index (χ3v) is 8.09. The second kappa shape index (κ2) is 10.3. The molecule has 3 aromatic carbocycles. The quantitative estimate of drug-likeness (QED) is 0.211. The fourth-order valence-corrected chi connectivity index (χ4v) is 5.92. The molecule has 10 heteroatoms. The van der Waals surface area contributed by atoms with Crippen LogP contribution in [0.1, 0.15) is 23.5 Å². The number of benzene rings is 3. The highest BCUT2D eigenvalue weighted by atomic mass is 35.5. The van der Waals surface area contributed by atoms with Crippen molar-refractivity contribution in [3.05, 3.63) is 87.2 Å². The molecule has 1 fully saturated rings. The molecule has 0 unspecified atom stereocenters. The van der Waals surface area contributed by atoms with Crippen LogP contribution in [-0.2, 0) is 9.53 Å². The molecule has 0 amide bonds. The maximum absolute atomic E-state index is 13.8. The van der Waals surface area contributed by atoms with Crippen LogP contribution >= 0.6 is 11.6 Å². The Balaban J connectivity index is 1.48. The number of phenolic OH excluding ortho intramolecular Hbond substituents is 1. The largest absolute Gasteiger partial charge is 0.507 e. The number of halogens is 1. The first-order valence-corrected chi connectivity index (χ1v) is 13.9. The maximum atomic E-state index is 13.8. The van der Waals surface area contributed by atoms with Crippen LogP contribution in [-0.4, -0.2) is 49.5 Å². The Morgan fingerprint density at radius 2 is 1.83 bits per heavy atom. The molecule has 1 saturated heterocycles. The normalized spacial score (nSPS) is 16.9. The minimum atomic E-state index is -0.574. The van der Waals surface area contributed by atoms with Gasteiger partial charge in [-0.05, 0) is 42.0 Å². The lowest BCUT2D eigenvalue weighted by atomic mass is 9.84. The van der Waals surface area contributed by atoms with Crippen molar-refractivity contribution >= 4 is 45.3 Å². The van der Waals surface area contributed by atoms with Crippen LogP contribution in [0.2, 0.25) is 5.02 Å². The molecule has 0 bridgehead atoms. The van der Waals surface area contributed by atoms with E-state index in [0.29, 0.717) is 54.0 Å². The molecule has 2 aliphatic heterocycles. The van der Waals surface area contributed by atoms with E-state index in [-0.39, 0.29) is 34.5 Å². The number of pyridine rings is 1. The smallest absolute Gasteiger partial charge is 0.312 e. The Bertz CT molecular complexity index is 1930. The van der Waals surface area contributed by atoms with Gasteiger partial charge in [0.05, 0.1) is 37.8 Å². The molecule has 7 rings (SSSR count). The van der Waals surface area contributed by atoms with Crippen LogP contribution < -0.4 is 19.8 Å². The van der Waals surface area contributed by atoms with Gasteiger partial charge in [-0.3, -0.25) is 9.59 Å². The number of aromatic nitrogens is 1. The van der Waals surface area contributed by atoms with Crippen molar-refractivity contribution in [1.29, 1.82) is 0 Å². The Hall–Kier alpha value is -4.60. The zero-order chi connectivity index (χ0) is 29.0. The van der Waals surface area contributed by atoms with E-state index in [1.54, 1.807) is 31.4 Å². The van der Waals surface area contributed by atoms with E-state index >= 15 is 0 Å². The molecule has 4 heterocycles. The molecule has 212 valence electrons. The van der Waals surface area contributed by atoms with Gasteiger partial charge in [0.2, 0.25) is 5.43 Å². The Morgan fingerprint density at radius 1 is 1.05 bits per heavy atom. The summed E-state index contributed by atoms with van der Waals surface area (Å²) in [6.07, 6.45) is 1.36. The zero-order valence-electron chi connectivity index (χ0n) is 22.6. The number of aromatic hydroxyl groups is 1. The number of fused-ring (bicyclic) bond motifs is 4. The van der Waals surface area contributed by atoms with E-state index in [0.717, 1.165) is 16.5 Å². The number of methoxy groups -OCH3 is 1. The van der Waals surface area contributed by atoms with Gasteiger partial charge in [-0.15, -0.1) is 0 Å². The van der Waals surface area contributed by atoms with Crippen molar-refractivity contribution in [3.63, 3.8) is 0 Å². The molecule has 2 aromatic heterocycles. The van der Waals surface area contributed by atoms with Crippen molar-refractivity contribution in [2.45, 2.75) is 12.3 Å². The standard InChI is InChI=1S/C32H25ClN2O7/c1-39-20-6-7-24-18(12-20)13-22(32(34-24)35-8-10-40-11-9-35)21-14-27(37)42-26-15-25(36)29-30(38)23(16-41-31(29)28(21)26)17-2-4-19(33)5-3-17/h2-7,12-13,15-16,21,36H,8-11,14H2,1H3/t21-/m0/s1. The molecule has 0 aliphatic carbocycles. The van der Waals surface area contributed by atoms with Crippen LogP contribution in [0.15, 0.2) is 70.1 Å². The Labute approximate surface area is 244 Å². The van der Waals surface area contributed by atoms with Crippen LogP contribution in [0.4, 0.5) is 5.82 Å². The van der Waals surface area contributed by atoms with Crippen LogP contribution in [0.25, 0.3) is 33.0 Å². The minimum Gasteiger partial charge on any atom is -0.507 e. The number of nitrogens with zero attached hydrogens (tertiary/aromatic N) is 2. The lowest BCUT2D eigenvalue weighted by Gasteiger charge is -2.33. The van der Waals surface area contributed by atoms with E-state index in [1.807, 2.05) is 24.3 Å². The van der Waals surface area contributed by atoms with Crippen molar-refractivity contribution < 1.29 is 28.5 Å². The fraction of sp³-hybridized carbons (Fsp3) is 0.219. The summed E-state index contributed by atoms with van der Waals surface area (Å²) in [6, 6.07) is 15.7. The fourth-order valence-electron chi connectivity index (χ4n) is 5.80. The number of hydrogen-bond acceptors (Lipinski definition) is 9. The lowest BCUT2D eigenvalue weighted by Crippen LogP contribution is -2.38. The first-order valence-electron chi connectivity index (χ1n) is 13.5. The molecule has 1 N–H and O–H groups in total. The average Bonchev–Trinajstić information content (AvgIpc) is 3.00. The van der Waals surface area contributed by atoms with Crippen molar-refractivity contribution in [2.75, 3.05) is 38.3 Å². The molecule has 2 aliphatic rings. The third-order valence-electron chi connectivity index (χ3n) is 7.84. The van der Waals surface area contributed by atoms with Gasteiger partial charge in [0.25, 0.3) is 0 Å². The van der Waals surface area contributed by atoms with Crippen LogP contribution in [0.3, 0.4) is 0 Å². The van der Waals surface area contributed by atoms with E-state index in [4.69, 9.17) is 35.2 Å². The number of anilines is 1. The van der Waals surface area contributed by atoms with Crippen LogP contribution in [0.5, 0.6) is 17.2 Å². The first kappa shape index (κ1) is 26.3. The number of hydrogen-bond donors (Lipinski definition) is 1. The monoisotopic (exact) mass is 584 g/mol. The van der Waals surface area contributed by atoms with Crippen LogP contribution in [0, 0.1) is 0 Å². The Kier molecular flexibility index (Phi) is 6.48. The second-order valence-electron chi connectivity index (χ2n) is 10.3. The third kappa shape index (κ3) is 4.42. The second-order valence-corrected chi connectivity index (χ2v) is 10.7. The molecule has 0 spiro atoms. The summed E-state index contributed by atoms with van der Waals surface area (Å²) in [5, 5.41) is 12.4. The van der Waals surface area contributed by atoms with E-state index in [1.165, 1.54) is 12.3 Å². The van der Waals surface area contributed by atoms with Crippen molar-refractivity contribution in [2.24, 2.45) is 0 Å². The summed E-state index contributed by atoms with van der Waals surface area (Å²) in [5.74, 6) is 0.149. The summed E-state index contributed by atoms with van der Waals surface area (Å²) in [7, 11) is 1.60. The summed E-state index contributed by atoms with van der Waals surface area (Å²) < 4.78 is 22.8. The molecule has 9 nitrogen and oxygen atoms in total. The highest BCUT2D eigenvalue weighted by molar-refractivity contribution is 6.30. The summed E-state index contributed by atoms with van der Waals surface area (Å²) in [5.41, 5.74) is 2.65. The van der Waals surface area contributed by atoms with Gasteiger partial charge in [-0.1, -0.05) is 23.7 Å². The topological polar surface area (TPSA) is 111 Å². The average molecular weight is 585 g/mol. The minimum absolute atomic E-state index is 0.00693. The van der Waals surface area contributed by atoms with Gasteiger partial charge in [-0.2, -0.15) is 0 Å². The molecule has 1 atom stereocenters. The summed E-state index contributed by atoms with van der Waals surface area (Å²) in [6.45, 7) is 2.34. The lowest BCUT2D eigenvalue weighted by molar-refractivity contribution is -0.135. The summed E-state index contributed by atoms with van der Waals surface area (Å²) >= 11 is 6.04. The number of rotatable bonds is 4.